The molecule has 0 saturated heterocycles. The molecule has 29 heavy (non-hydrogen) atoms. The third-order valence-corrected chi connectivity index (χ3v) is 46.3. The van der Waals surface area contributed by atoms with Crippen LogP contribution in [0.4, 0.5) is 0 Å². The van der Waals surface area contributed by atoms with Crippen LogP contribution in [0.15, 0.2) is 77.9 Å². The number of hydrogen-bond acceptors (Lipinski definition) is 0. The average Bonchev–Trinajstić information content (AvgIpc) is 3.34. The van der Waals surface area contributed by atoms with Gasteiger partial charge in [0, 0.05) is 0 Å². The topological polar surface area (TPSA) is 0 Å². The fourth-order valence-electron chi connectivity index (χ4n) is 6.77. The Balaban J connectivity index is 0.00000120. The van der Waals surface area contributed by atoms with Gasteiger partial charge in [-0.3, -0.25) is 0 Å². The van der Waals surface area contributed by atoms with Crippen molar-refractivity contribution in [2.24, 2.45) is 11.8 Å². The molecule has 0 amide bonds. The molecule has 4 heteroatoms. The van der Waals surface area contributed by atoms with E-state index in [1.54, 1.807) is 5.19 Å². The van der Waals surface area contributed by atoms with Gasteiger partial charge in [-0.15, -0.1) is 24.8 Å². The molecule has 0 aromatic heterocycles. The number of rotatable bonds is 4. The first-order chi connectivity index (χ1) is 13.3. The monoisotopic (exact) mass is 612 g/mol. The molecule has 0 aliphatic heterocycles. The van der Waals surface area contributed by atoms with Crippen molar-refractivity contribution in [3.8, 4) is 0 Å². The van der Waals surface area contributed by atoms with Crippen LogP contribution in [0.5, 0.6) is 0 Å². The summed E-state index contributed by atoms with van der Waals surface area (Å²) in [7, 11) is 0. The summed E-state index contributed by atoms with van der Waals surface area (Å²) in [5.41, 5.74) is 3.81. The second-order valence-corrected chi connectivity index (χ2v) is 42.8. The molecule has 4 aliphatic rings. The second-order valence-electron chi connectivity index (χ2n) is 9.48. The van der Waals surface area contributed by atoms with Crippen molar-refractivity contribution >= 4 is 36.7 Å². The second kappa shape index (κ2) is 9.98. The third kappa shape index (κ3) is 4.42. The molecule has 1 aromatic carbocycles. The van der Waals surface area contributed by atoms with Crippen LogP contribution in [-0.2, 0) is 19.1 Å². The quantitative estimate of drug-likeness (QED) is 0.336. The van der Waals surface area contributed by atoms with Gasteiger partial charge in [-0.2, -0.15) is 0 Å². The van der Waals surface area contributed by atoms with Crippen molar-refractivity contribution in [2.75, 3.05) is 0 Å². The Bertz CT molecular complexity index is 780. The van der Waals surface area contributed by atoms with Gasteiger partial charge >= 0.3 is 171 Å². The van der Waals surface area contributed by atoms with Crippen LogP contribution in [0, 0.1) is 11.8 Å². The molecular formula is C25H34Cl2HfSi. The van der Waals surface area contributed by atoms with E-state index >= 15 is 0 Å². The summed E-state index contributed by atoms with van der Waals surface area (Å²) in [6.45, 7) is -0.155. The van der Waals surface area contributed by atoms with Gasteiger partial charge in [0.2, 0.25) is 0 Å². The number of benzene rings is 1. The Hall–Kier alpha value is -0.153. The van der Waals surface area contributed by atoms with Gasteiger partial charge in [-0.05, 0) is 0 Å². The first-order valence-corrected chi connectivity index (χ1v) is 27.8. The van der Waals surface area contributed by atoms with Gasteiger partial charge < -0.3 is 0 Å². The zero-order valence-electron chi connectivity index (χ0n) is 17.4. The molecule has 2 saturated carbocycles. The molecule has 4 aliphatic carbocycles. The van der Waals surface area contributed by atoms with Gasteiger partial charge in [0.15, 0.2) is 0 Å². The van der Waals surface area contributed by atoms with Crippen molar-refractivity contribution < 1.29 is 19.1 Å². The third-order valence-electron chi connectivity index (χ3n) is 8.07. The predicted molar refractivity (Wildman–Crippen MR) is 132 cm³/mol. The summed E-state index contributed by atoms with van der Waals surface area (Å²) in [5.74, 6) is 1.78. The van der Waals surface area contributed by atoms with Crippen LogP contribution < -0.4 is 5.19 Å². The van der Waals surface area contributed by atoms with E-state index in [1.165, 1.54) is 38.5 Å². The number of halogens is 2. The Morgan fingerprint density at radius 1 is 0.759 bits per heavy atom. The van der Waals surface area contributed by atoms with Gasteiger partial charge in [0.1, 0.15) is 0 Å². The summed E-state index contributed by atoms with van der Waals surface area (Å²) < 4.78 is 4.97. The zero-order chi connectivity index (χ0) is 18.3. The zero-order valence-corrected chi connectivity index (χ0v) is 24.1. The molecule has 156 valence electrons. The molecular weight excluding hydrogens is 578 g/mol. The summed E-state index contributed by atoms with van der Waals surface area (Å²) in [6, 6.07) is 11.7. The first-order valence-electron chi connectivity index (χ1n) is 11.0. The maximum absolute atomic E-state index is 2.92. The summed E-state index contributed by atoms with van der Waals surface area (Å²) in [5, 5.41) is 1.76. The SMILES string of the molecule is Cl.Cl.[CH3][Hf]([SiH2]c1ccccc1)([CH]1CCC2CC=CC=C21)[CH]1CCC2CC=CC=C21. The Morgan fingerprint density at radius 3 is 1.79 bits per heavy atom. The van der Waals surface area contributed by atoms with Crippen molar-refractivity contribution in [3.05, 3.63) is 77.9 Å². The van der Waals surface area contributed by atoms with Crippen LogP contribution in [0.3, 0.4) is 0 Å². The Labute approximate surface area is 195 Å². The molecule has 4 atom stereocenters. The van der Waals surface area contributed by atoms with E-state index in [9.17, 15) is 0 Å². The number of hydrogen-bond donors (Lipinski definition) is 0. The van der Waals surface area contributed by atoms with E-state index in [2.05, 4.69) is 71.5 Å². The van der Waals surface area contributed by atoms with E-state index in [4.69, 9.17) is 0 Å². The van der Waals surface area contributed by atoms with Crippen LogP contribution >= 0.6 is 24.8 Å². The normalized spacial score (nSPS) is 31.9. The Kier molecular flexibility index (Phi) is 8.09. The fraction of sp³-hybridized carbons (Fsp3) is 0.440. The van der Waals surface area contributed by atoms with Crippen molar-refractivity contribution in [1.29, 1.82) is 0 Å². The van der Waals surface area contributed by atoms with Crippen LogP contribution in [-0.4, -0.2) is 6.71 Å². The molecule has 1 aromatic rings. The van der Waals surface area contributed by atoms with Crippen LogP contribution in [0.2, 0.25) is 12.0 Å². The molecule has 0 bridgehead atoms. The first kappa shape index (κ1) is 23.5. The standard InChI is InChI=1S/2C9H11.C6H7Si.CH3.2ClH.Hf/c2*1-2-5-9-7-3-6-8(9)4-1;7-6-4-2-1-3-5-6;;;;/h2*1-2,4,6,9H,3,5,7H2;1-5H,7H2;1H3;2*1H;. The fourth-order valence-corrected chi connectivity index (χ4v) is 48.7. The molecule has 0 radical (unpaired) electrons. The predicted octanol–water partition coefficient (Wildman–Crippen LogP) is 6.61. The molecule has 5 rings (SSSR count). The van der Waals surface area contributed by atoms with Crippen molar-refractivity contribution in [2.45, 2.75) is 50.6 Å². The summed E-state index contributed by atoms with van der Waals surface area (Å²) in [4.78, 5) is 0. The van der Waals surface area contributed by atoms with Gasteiger partial charge in [0.25, 0.3) is 0 Å². The maximum atomic E-state index is 2.92. The number of fused-ring (bicyclic) bond motifs is 2. The van der Waals surface area contributed by atoms with E-state index in [0.717, 1.165) is 19.2 Å². The molecule has 0 N–H and O–H groups in total. The summed E-state index contributed by atoms with van der Waals surface area (Å²) >= 11 is -2.53. The van der Waals surface area contributed by atoms with Crippen LogP contribution in [0.1, 0.15) is 38.5 Å². The average molecular weight is 612 g/mol. The number of allylic oxidation sites excluding steroid dienone is 8. The van der Waals surface area contributed by atoms with E-state index < -0.39 is 19.1 Å². The van der Waals surface area contributed by atoms with Gasteiger partial charge in [-0.25, -0.2) is 0 Å². The van der Waals surface area contributed by atoms with Crippen LogP contribution in [0.25, 0.3) is 0 Å². The van der Waals surface area contributed by atoms with E-state index in [1.807, 2.05) is 11.1 Å². The Morgan fingerprint density at radius 2 is 1.28 bits per heavy atom. The minimum absolute atomic E-state index is 0. The van der Waals surface area contributed by atoms with Crippen molar-refractivity contribution in [3.63, 3.8) is 0 Å². The molecule has 0 heterocycles. The van der Waals surface area contributed by atoms with Gasteiger partial charge in [-0.1, -0.05) is 0 Å². The van der Waals surface area contributed by atoms with Gasteiger partial charge in [0.05, 0.1) is 0 Å². The summed E-state index contributed by atoms with van der Waals surface area (Å²) in [6.07, 6.45) is 23.3. The minimum atomic E-state index is -2.53. The van der Waals surface area contributed by atoms with E-state index in [0.29, 0.717) is 0 Å². The molecule has 2 fully saturated rings. The molecule has 4 unspecified atom stereocenters. The molecule has 0 spiro atoms. The molecule has 0 nitrogen and oxygen atoms in total. The van der Waals surface area contributed by atoms with Crippen molar-refractivity contribution in [1.82, 2.24) is 0 Å². The van der Waals surface area contributed by atoms with E-state index in [-0.39, 0.29) is 31.5 Å².